The quantitative estimate of drug-likeness (QED) is 0.554. The molecule has 1 aliphatic rings. The van der Waals surface area contributed by atoms with E-state index in [1.807, 2.05) is 0 Å². The summed E-state index contributed by atoms with van der Waals surface area (Å²) in [7, 11) is -3.66. The number of fused-ring (bicyclic) bond motifs is 1. The molecule has 5 nitrogen and oxygen atoms in total. The van der Waals surface area contributed by atoms with Crippen LogP contribution in [0.3, 0.4) is 0 Å². The van der Waals surface area contributed by atoms with Crippen LogP contribution in [0.1, 0.15) is 15.9 Å². The average Bonchev–Trinajstić information content (AvgIpc) is 2.23. The number of benzene rings is 1. The van der Waals surface area contributed by atoms with Crippen molar-refractivity contribution in [1.29, 1.82) is 0 Å². The van der Waals surface area contributed by atoms with Crippen molar-refractivity contribution in [2.75, 3.05) is 0 Å². The molecule has 0 saturated heterocycles. The molecule has 0 spiro atoms. The van der Waals surface area contributed by atoms with E-state index in [0.29, 0.717) is 11.1 Å². The summed E-state index contributed by atoms with van der Waals surface area (Å²) in [6, 6.07) is 6.52. The monoisotopic (exact) mass is 239 g/mol. The Morgan fingerprint density at radius 1 is 1.31 bits per heavy atom. The summed E-state index contributed by atoms with van der Waals surface area (Å²) >= 11 is 0. The van der Waals surface area contributed by atoms with E-state index in [4.69, 9.17) is 5.21 Å². The van der Waals surface area contributed by atoms with Gasteiger partial charge in [-0.25, -0.2) is 8.42 Å². The zero-order chi connectivity index (χ0) is 11.8. The number of nitrogens with one attached hydrogen (secondary N) is 1. The lowest BCUT2D eigenvalue weighted by atomic mass is 10.0. The van der Waals surface area contributed by atoms with Crippen LogP contribution in [0.15, 0.2) is 35.4 Å². The van der Waals surface area contributed by atoms with Crippen molar-refractivity contribution >= 4 is 15.6 Å². The second-order valence-corrected chi connectivity index (χ2v) is 5.34. The first kappa shape index (κ1) is 10.8. The van der Waals surface area contributed by atoms with E-state index in [1.54, 1.807) is 29.7 Å². The summed E-state index contributed by atoms with van der Waals surface area (Å²) in [6.45, 7) is 0. The molecule has 0 saturated carbocycles. The molecule has 0 aromatic heterocycles. The highest BCUT2D eigenvalue weighted by Gasteiger charge is 2.33. The molecule has 0 radical (unpaired) electrons. The molecule has 1 aromatic rings. The number of hydrogen-bond donors (Lipinski definition) is 2. The second-order valence-electron chi connectivity index (χ2n) is 3.38. The van der Waals surface area contributed by atoms with Gasteiger partial charge >= 0.3 is 0 Å². The van der Waals surface area contributed by atoms with E-state index in [-0.39, 0.29) is 5.75 Å². The molecule has 6 heteroatoms. The Morgan fingerprint density at radius 3 is 2.69 bits per heavy atom. The third kappa shape index (κ3) is 1.62. The Labute approximate surface area is 92.3 Å². The molecule has 0 unspecified atom stereocenters. The number of Topliss-reactive ketones (excluding diaryl/α,β-unsaturated/α-hetero) is 1. The van der Waals surface area contributed by atoms with Crippen molar-refractivity contribution in [3.8, 4) is 0 Å². The maximum atomic E-state index is 11.8. The lowest BCUT2D eigenvalue weighted by Gasteiger charge is -2.17. The van der Waals surface area contributed by atoms with Crippen molar-refractivity contribution in [2.45, 2.75) is 5.75 Å². The van der Waals surface area contributed by atoms with Crippen molar-refractivity contribution in [2.24, 2.45) is 0 Å². The van der Waals surface area contributed by atoms with Gasteiger partial charge in [0.15, 0.2) is 9.84 Å². The smallest absolute Gasteiger partial charge is 0.206 e. The van der Waals surface area contributed by atoms with Gasteiger partial charge in [-0.2, -0.15) is 0 Å². The predicted octanol–water partition coefficient (Wildman–Crippen LogP) is 0.618. The molecule has 0 atom stereocenters. The summed E-state index contributed by atoms with van der Waals surface area (Å²) in [6.07, 6.45) is 0.799. The highest BCUT2D eigenvalue weighted by molar-refractivity contribution is 7.95. The van der Waals surface area contributed by atoms with Crippen LogP contribution in [-0.4, -0.2) is 19.4 Å². The summed E-state index contributed by atoms with van der Waals surface area (Å²) in [5.74, 6) is -0.814. The molecule has 2 rings (SSSR count). The van der Waals surface area contributed by atoms with Crippen LogP contribution in [0.25, 0.3) is 0 Å². The highest BCUT2D eigenvalue weighted by Crippen LogP contribution is 2.27. The molecule has 0 aliphatic carbocycles. The second kappa shape index (κ2) is 3.73. The van der Waals surface area contributed by atoms with Crippen molar-refractivity contribution < 1.29 is 18.4 Å². The van der Waals surface area contributed by atoms with Crippen LogP contribution in [0.5, 0.6) is 0 Å². The molecule has 84 valence electrons. The van der Waals surface area contributed by atoms with Crippen LogP contribution in [-0.2, 0) is 15.6 Å². The summed E-state index contributed by atoms with van der Waals surface area (Å²) < 4.78 is 23.4. The minimum absolute atomic E-state index is 0.220. The van der Waals surface area contributed by atoms with E-state index < -0.39 is 20.5 Å². The van der Waals surface area contributed by atoms with E-state index in [9.17, 15) is 13.2 Å². The molecule has 0 bridgehead atoms. The van der Waals surface area contributed by atoms with Gasteiger partial charge in [-0.05, 0) is 5.56 Å². The minimum atomic E-state index is -3.66. The first-order chi connectivity index (χ1) is 7.56. The number of carbonyl (C=O) groups is 1. The van der Waals surface area contributed by atoms with Gasteiger partial charge in [0.25, 0.3) is 0 Å². The van der Waals surface area contributed by atoms with Gasteiger partial charge in [0.05, 0.1) is 5.75 Å². The van der Waals surface area contributed by atoms with Crippen LogP contribution >= 0.6 is 0 Å². The zero-order valence-electron chi connectivity index (χ0n) is 8.17. The molecular formula is C10H9NO4S. The van der Waals surface area contributed by atoms with Crippen molar-refractivity contribution in [3.63, 3.8) is 0 Å². The predicted molar refractivity (Wildman–Crippen MR) is 56.4 cm³/mol. The summed E-state index contributed by atoms with van der Waals surface area (Å²) in [5.41, 5.74) is 2.44. The van der Waals surface area contributed by atoms with Gasteiger partial charge in [-0.1, -0.05) is 24.3 Å². The average molecular weight is 239 g/mol. The molecule has 1 aliphatic heterocycles. The van der Waals surface area contributed by atoms with Crippen LogP contribution < -0.4 is 5.48 Å². The molecule has 1 aromatic carbocycles. The number of rotatable bonds is 1. The first-order valence-corrected chi connectivity index (χ1v) is 6.16. The van der Waals surface area contributed by atoms with Gasteiger partial charge < -0.3 is 0 Å². The Bertz CT molecular complexity index is 574. The number of sulfone groups is 1. The standard InChI is InChI=1S/C10H9NO4S/c12-10-8-4-2-1-3-7(8)6-16(14,15)9(10)5-11-13/h1-5,11,13H,6H2. The molecular weight excluding hydrogens is 230 g/mol. The molecule has 16 heavy (non-hydrogen) atoms. The normalized spacial score (nSPS) is 20.6. The third-order valence-corrected chi connectivity index (χ3v) is 4.03. The molecule has 0 amide bonds. The van der Waals surface area contributed by atoms with Crippen molar-refractivity contribution in [3.05, 3.63) is 46.5 Å². The van der Waals surface area contributed by atoms with Gasteiger partial charge in [0, 0.05) is 11.8 Å². The number of hydrogen-bond acceptors (Lipinski definition) is 5. The van der Waals surface area contributed by atoms with Gasteiger partial charge in [-0.15, -0.1) is 0 Å². The Hall–Kier alpha value is -1.66. The van der Waals surface area contributed by atoms with E-state index in [0.717, 1.165) is 6.20 Å². The number of hydroxylamine groups is 1. The van der Waals surface area contributed by atoms with Gasteiger partial charge in [0.1, 0.15) is 4.91 Å². The van der Waals surface area contributed by atoms with E-state index in [1.165, 1.54) is 0 Å². The van der Waals surface area contributed by atoms with E-state index >= 15 is 0 Å². The zero-order valence-corrected chi connectivity index (χ0v) is 8.99. The first-order valence-electron chi connectivity index (χ1n) is 4.51. The van der Waals surface area contributed by atoms with Gasteiger partial charge in [0.2, 0.25) is 5.78 Å². The highest BCUT2D eigenvalue weighted by atomic mass is 32.2. The Kier molecular flexibility index (Phi) is 2.53. The maximum absolute atomic E-state index is 11.8. The molecule has 2 N–H and O–H groups in total. The Balaban J connectivity index is 2.66. The lowest BCUT2D eigenvalue weighted by Crippen LogP contribution is -2.24. The fourth-order valence-corrected chi connectivity index (χ4v) is 3.08. The topological polar surface area (TPSA) is 83.5 Å². The molecule has 1 heterocycles. The summed E-state index contributed by atoms with van der Waals surface area (Å²) in [5, 5.41) is 8.47. The fourth-order valence-electron chi connectivity index (χ4n) is 1.64. The summed E-state index contributed by atoms with van der Waals surface area (Å²) in [4.78, 5) is 11.4. The minimum Gasteiger partial charge on any atom is -0.292 e. The number of carbonyl (C=O) groups excluding carboxylic acids is 1. The lowest BCUT2D eigenvalue weighted by molar-refractivity contribution is 0.103. The number of allylic oxidation sites excluding steroid dienone is 1. The third-order valence-electron chi connectivity index (χ3n) is 2.36. The number of ketones is 1. The maximum Gasteiger partial charge on any atom is 0.206 e. The van der Waals surface area contributed by atoms with Gasteiger partial charge in [-0.3, -0.25) is 15.5 Å². The largest absolute Gasteiger partial charge is 0.292 e. The molecule has 0 fully saturated rings. The van der Waals surface area contributed by atoms with E-state index in [2.05, 4.69) is 0 Å². The SMILES string of the molecule is O=C1C(=CNO)S(=O)(=O)Cc2ccccc21. The fraction of sp³-hybridized carbons (Fsp3) is 0.100. The van der Waals surface area contributed by atoms with Crippen LogP contribution in [0, 0.1) is 0 Å². The van der Waals surface area contributed by atoms with Crippen LogP contribution in [0.4, 0.5) is 0 Å². The van der Waals surface area contributed by atoms with Crippen molar-refractivity contribution in [1.82, 2.24) is 5.48 Å². The van der Waals surface area contributed by atoms with Crippen LogP contribution in [0.2, 0.25) is 0 Å². The Morgan fingerprint density at radius 2 is 2.00 bits per heavy atom.